The van der Waals surface area contributed by atoms with Gasteiger partial charge in [-0.2, -0.15) is 0 Å². The summed E-state index contributed by atoms with van der Waals surface area (Å²) in [7, 11) is 0. The van der Waals surface area contributed by atoms with Crippen molar-refractivity contribution in [3.63, 3.8) is 0 Å². The van der Waals surface area contributed by atoms with Gasteiger partial charge < -0.3 is 15.0 Å². The Morgan fingerprint density at radius 1 is 1.11 bits per heavy atom. The van der Waals surface area contributed by atoms with E-state index in [1.54, 1.807) is 0 Å². The van der Waals surface area contributed by atoms with E-state index in [2.05, 4.69) is 17.1 Å². The number of likely N-dealkylation sites (tertiary alicyclic amines) is 1. The maximum absolute atomic E-state index is 11.9. The minimum atomic E-state index is -0.138. The lowest BCUT2D eigenvalue weighted by molar-refractivity contribution is -0.123. The third kappa shape index (κ3) is 5.79. The van der Waals surface area contributed by atoms with Gasteiger partial charge >= 0.3 is 0 Å². The van der Waals surface area contributed by atoms with Crippen molar-refractivity contribution >= 4 is 23.1 Å². The van der Waals surface area contributed by atoms with Crippen molar-refractivity contribution < 1.29 is 9.53 Å². The second-order valence-corrected chi connectivity index (χ2v) is 7.44. The minimum Gasteiger partial charge on any atom is -0.484 e. The molecule has 1 fully saturated rings. The van der Waals surface area contributed by atoms with Crippen LogP contribution in [-0.4, -0.2) is 35.5 Å². The Morgan fingerprint density at radius 2 is 1.78 bits per heavy atom. The van der Waals surface area contributed by atoms with Gasteiger partial charge in [-0.15, -0.1) is 0 Å². The summed E-state index contributed by atoms with van der Waals surface area (Å²) in [6.07, 6.45) is 2.39. The number of nitrogens with one attached hydrogen (secondary N) is 1. The van der Waals surface area contributed by atoms with E-state index >= 15 is 0 Å². The Labute approximate surface area is 166 Å². The third-order valence-corrected chi connectivity index (χ3v) is 5.37. The molecule has 0 unspecified atom stereocenters. The molecule has 1 N–H and O–H groups in total. The van der Waals surface area contributed by atoms with Crippen LogP contribution in [0.2, 0.25) is 0 Å². The smallest absolute Gasteiger partial charge is 0.258 e. The zero-order valence-corrected chi connectivity index (χ0v) is 16.5. The molecule has 1 saturated heterocycles. The van der Waals surface area contributed by atoms with E-state index in [0.717, 1.165) is 35.1 Å². The average Bonchev–Trinajstić information content (AvgIpc) is 2.72. The lowest BCUT2D eigenvalue weighted by atomic mass is 9.99. The van der Waals surface area contributed by atoms with Gasteiger partial charge in [0.1, 0.15) is 10.7 Å². The first-order valence-corrected chi connectivity index (χ1v) is 9.85. The summed E-state index contributed by atoms with van der Waals surface area (Å²) in [6, 6.07) is 17.5. The molecule has 0 bridgehead atoms. The molecule has 142 valence electrons. The molecule has 1 heterocycles. The Balaban J connectivity index is 1.44. The van der Waals surface area contributed by atoms with Crippen LogP contribution in [0.3, 0.4) is 0 Å². The highest BCUT2D eigenvalue weighted by molar-refractivity contribution is 7.80. The number of carbonyl (C=O) groups is 1. The van der Waals surface area contributed by atoms with E-state index in [0.29, 0.717) is 12.3 Å². The number of nitrogens with zero attached hydrogens (tertiary/aromatic N) is 1. The van der Waals surface area contributed by atoms with Crippen LogP contribution in [0.4, 0.5) is 0 Å². The molecule has 5 heteroatoms. The van der Waals surface area contributed by atoms with Crippen molar-refractivity contribution in [1.82, 2.24) is 10.2 Å². The summed E-state index contributed by atoms with van der Waals surface area (Å²) in [5.74, 6) is 1.32. The summed E-state index contributed by atoms with van der Waals surface area (Å²) < 4.78 is 5.58. The summed E-state index contributed by atoms with van der Waals surface area (Å²) in [6.45, 7) is 4.85. The molecule has 0 atom stereocenters. The van der Waals surface area contributed by atoms with Crippen LogP contribution < -0.4 is 10.1 Å². The van der Waals surface area contributed by atoms with Crippen LogP contribution in [0.25, 0.3) is 0 Å². The van der Waals surface area contributed by atoms with Crippen LogP contribution in [-0.2, 0) is 11.3 Å². The maximum Gasteiger partial charge on any atom is 0.258 e. The van der Waals surface area contributed by atoms with Gasteiger partial charge in [0.05, 0.1) is 0 Å². The molecule has 0 aromatic heterocycles. The molecule has 0 saturated carbocycles. The molecule has 2 aromatic carbocycles. The second kappa shape index (κ2) is 9.51. The number of ether oxygens (including phenoxy) is 1. The molecule has 27 heavy (non-hydrogen) atoms. The SMILES string of the molecule is CC1CCN(C(=S)c2ccc(OCC(=O)NCc3ccccc3)cc2)CC1. The number of rotatable bonds is 6. The number of hydrogen-bond acceptors (Lipinski definition) is 3. The van der Waals surface area contributed by atoms with Crippen LogP contribution in [0.15, 0.2) is 54.6 Å². The van der Waals surface area contributed by atoms with E-state index in [9.17, 15) is 4.79 Å². The largest absolute Gasteiger partial charge is 0.484 e. The molecule has 2 aromatic rings. The van der Waals surface area contributed by atoms with Crippen molar-refractivity contribution in [2.24, 2.45) is 5.92 Å². The van der Waals surface area contributed by atoms with Gasteiger partial charge in [0.25, 0.3) is 5.91 Å². The van der Waals surface area contributed by atoms with Crippen molar-refractivity contribution in [1.29, 1.82) is 0 Å². The predicted molar refractivity (Wildman–Crippen MR) is 112 cm³/mol. The van der Waals surface area contributed by atoms with Gasteiger partial charge in [-0.05, 0) is 48.6 Å². The molecular weight excluding hydrogens is 356 g/mol. The molecule has 3 rings (SSSR count). The monoisotopic (exact) mass is 382 g/mol. The number of carbonyl (C=O) groups excluding carboxylic acids is 1. The standard InChI is InChI=1S/C22H26N2O2S/c1-17-11-13-24(14-12-17)22(27)19-7-9-20(10-8-19)26-16-21(25)23-15-18-5-3-2-4-6-18/h2-10,17H,11-16H2,1H3,(H,23,25). The Morgan fingerprint density at radius 3 is 2.44 bits per heavy atom. The number of amides is 1. The van der Waals surface area contributed by atoms with E-state index in [-0.39, 0.29) is 12.5 Å². The van der Waals surface area contributed by atoms with Crippen molar-refractivity contribution in [2.45, 2.75) is 26.3 Å². The van der Waals surface area contributed by atoms with Crippen LogP contribution >= 0.6 is 12.2 Å². The van der Waals surface area contributed by atoms with Crippen LogP contribution in [0, 0.1) is 5.92 Å². The summed E-state index contributed by atoms with van der Waals surface area (Å²) >= 11 is 5.63. The normalized spacial score (nSPS) is 14.6. The molecule has 0 spiro atoms. The number of benzene rings is 2. The van der Waals surface area contributed by atoms with Crippen LogP contribution in [0.5, 0.6) is 5.75 Å². The van der Waals surface area contributed by atoms with Gasteiger partial charge in [-0.1, -0.05) is 49.5 Å². The molecule has 0 radical (unpaired) electrons. The van der Waals surface area contributed by atoms with Gasteiger partial charge in [0.15, 0.2) is 6.61 Å². The van der Waals surface area contributed by atoms with Gasteiger partial charge in [0, 0.05) is 25.2 Å². The summed E-state index contributed by atoms with van der Waals surface area (Å²) in [5, 5.41) is 2.85. The first kappa shape index (κ1) is 19.4. The molecule has 1 amide bonds. The number of piperidine rings is 1. The third-order valence-electron chi connectivity index (χ3n) is 4.87. The molecule has 1 aliphatic rings. The molecule has 0 aliphatic carbocycles. The zero-order chi connectivity index (χ0) is 19.1. The Bertz CT molecular complexity index is 754. The van der Waals surface area contributed by atoms with E-state index < -0.39 is 0 Å². The van der Waals surface area contributed by atoms with Crippen molar-refractivity contribution in [3.05, 3.63) is 65.7 Å². The molecular formula is C22H26N2O2S. The van der Waals surface area contributed by atoms with Crippen molar-refractivity contribution in [3.8, 4) is 5.75 Å². The fraction of sp³-hybridized carbons (Fsp3) is 0.364. The predicted octanol–water partition coefficient (Wildman–Crippen LogP) is 3.79. The topological polar surface area (TPSA) is 41.6 Å². The number of thiocarbonyl (C=S) groups is 1. The highest BCUT2D eigenvalue weighted by atomic mass is 32.1. The lowest BCUT2D eigenvalue weighted by Gasteiger charge is -2.32. The van der Waals surface area contributed by atoms with Gasteiger partial charge in [0.2, 0.25) is 0 Å². The fourth-order valence-electron chi connectivity index (χ4n) is 3.08. The summed E-state index contributed by atoms with van der Waals surface area (Å²) in [5.41, 5.74) is 2.09. The Kier molecular flexibility index (Phi) is 6.82. The quantitative estimate of drug-likeness (QED) is 0.772. The first-order chi connectivity index (χ1) is 13.1. The highest BCUT2D eigenvalue weighted by Gasteiger charge is 2.18. The fourth-order valence-corrected chi connectivity index (χ4v) is 3.40. The maximum atomic E-state index is 11.9. The van der Waals surface area contributed by atoms with Gasteiger partial charge in [-0.3, -0.25) is 4.79 Å². The Hall–Kier alpha value is -2.40. The molecule has 1 aliphatic heterocycles. The van der Waals surface area contributed by atoms with Gasteiger partial charge in [-0.25, -0.2) is 0 Å². The highest BCUT2D eigenvalue weighted by Crippen LogP contribution is 2.20. The summed E-state index contributed by atoms with van der Waals surface area (Å²) in [4.78, 5) is 15.1. The lowest BCUT2D eigenvalue weighted by Crippen LogP contribution is -2.37. The number of hydrogen-bond donors (Lipinski definition) is 1. The van der Waals surface area contributed by atoms with Crippen LogP contribution in [0.1, 0.15) is 30.9 Å². The minimum absolute atomic E-state index is 0.000635. The average molecular weight is 383 g/mol. The first-order valence-electron chi connectivity index (χ1n) is 9.44. The molecule has 4 nitrogen and oxygen atoms in total. The zero-order valence-electron chi connectivity index (χ0n) is 15.7. The van der Waals surface area contributed by atoms with E-state index in [1.165, 1.54) is 12.8 Å². The van der Waals surface area contributed by atoms with E-state index in [4.69, 9.17) is 17.0 Å². The van der Waals surface area contributed by atoms with E-state index in [1.807, 2.05) is 54.6 Å². The second-order valence-electron chi connectivity index (χ2n) is 7.05. The van der Waals surface area contributed by atoms with Crippen molar-refractivity contribution in [2.75, 3.05) is 19.7 Å².